The summed E-state index contributed by atoms with van der Waals surface area (Å²) in [6.07, 6.45) is 11.1. The van der Waals surface area contributed by atoms with E-state index in [1.165, 1.54) is 72.7 Å². The van der Waals surface area contributed by atoms with Crippen molar-refractivity contribution in [3.63, 3.8) is 0 Å². The molecule has 1 fully saturated rings. The van der Waals surface area contributed by atoms with Crippen LogP contribution in [-0.2, 0) is 149 Å². The average Bonchev–Trinajstić information content (AvgIpc) is 1.56. The van der Waals surface area contributed by atoms with E-state index in [1.54, 1.807) is 14.2 Å². The lowest BCUT2D eigenvalue weighted by Gasteiger charge is -2.33. The Balaban J connectivity index is 0.671. The summed E-state index contributed by atoms with van der Waals surface area (Å²) in [7, 11) is 3.29. The summed E-state index contributed by atoms with van der Waals surface area (Å²) in [6.45, 7) is 24.0. The lowest BCUT2D eigenvalue weighted by Crippen LogP contribution is -2.40. The second-order valence-corrected chi connectivity index (χ2v) is 33.9. The van der Waals surface area contributed by atoms with E-state index < -0.39 is 5.41 Å². The molecule has 0 radical (unpaired) electrons. The normalized spacial score (nSPS) is 14.6. The molecule has 34 heteroatoms. The predicted octanol–water partition coefficient (Wildman–Crippen LogP) is 10.1. The third-order valence-electron chi connectivity index (χ3n) is 23.8. The molecule has 140 heavy (non-hydrogen) atoms. The Morgan fingerprint density at radius 1 is 0.307 bits per heavy atom. The molecule has 0 aromatic heterocycles. The fourth-order valence-electron chi connectivity index (χ4n) is 16.5. The molecule has 0 spiro atoms. The summed E-state index contributed by atoms with van der Waals surface area (Å²) >= 11 is 0. The molecule has 5 aromatic rings. The van der Waals surface area contributed by atoms with Crippen LogP contribution in [0, 0.1) is 11.8 Å². The number of nitrogens with zero attached hydrogens (tertiary/aromatic N) is 1. The summed E-state index contributed by atoms with van der Waals surface area (Å²) in [6, 6.07) is 37.9. The van der Waals surface area contributed by atoms with E-state index in [0.717, 1.165) is 61.8 Å². The molecule has 5 amide bonds. The maximum absolute atomic E-state index is 12.9. The second kappa shape index (κ2) is 75.0. The number of ether oxygens (including phenoxy) is 25. The number of carbonyl (C=O) groups excluding carboxylic acids is 5. The van der Waals surface area contributed by atoms with Crippen molar-refractivity contribution in [2.45, 2.75) is 88.9 Å². The smallest absolute Gasteiger partial charge is 0.253 e. The number of methoxy groups -OCH3 is 2. The zero-order chi connectivity index (χ0) is 98.1. The van der Waals surface area contributed by atoms with Crippen LogP contribution in [0.5, 0.6) is 5.75 Å². The van der Waals surface area contributed by atoms with Crippen molar-refractivity contribution in [2.75, 3.05) is 351 Å². The number of nitrogens with one attached hydrogen (secondary N) is 3. The number of hydrogen-bond acceptors (Lipinski definition) is 30. The van der Waals surface area contributed by atoms with E-state index in [4.69, 9.17) is 118 Å². The van der Waals surface area contributed by atoms with Crippen molar-refractivity contribution in [1.29, 1.82) is 0 Å². The number of carbonyl (C=O) groups is 5. The molecule has 782 valence electrons. The van der Waals surface area contributed by atoms with Crippen molar-refractivity contribution in [3.8, 4) is 50.3 Å². The van der Waals surface area contributed by atoms with Crippen LogP contribution in [0.4, 0.5) is 0 Å². The fraction of sp³-hybridized carbons (Fsp3) is 0.651. The Labute approximate surface area is 828 Å². The zero-order valence-electron chi connectivity index (χ0n) is 83.1. The lowest BCUT2D eigenvalue weighted by atomic mass is 9.70. The minimum absolute atomic E-state index is 0.0327. The van der Waals surface area contributed by atoms with Gasteiger partial charge < -0.3 is 134 Å². The van der Waals surface area contributed by atoms with Gasteiger partial charge in [-0.15, -0.1) is 0 Å². The molecule has 0 saturated heterocycles. The van der Waals surface area contributed by atoms with E-state index in [2.05, 4.69) is 107 Å². The van der Waals surface area contributed by atoms with E-state index >= 15 is 0 Å². The number of amides is 5. The third-order valence-corrected chi connectivity index (χ3v) is 23.8. The fourth-order valence-corrected chi connectivity index (χ4v) is 16.5. The standard InChI is InChI=1S/C106H158N4O30/c1-116-37-39-120-45-47-124-53-55-128-61-63-132-69-71-136-77-79-138-75-73-134-67-65-130-59-57-126-51-49-122-43-41-118-34-7-29-106(30-8-35-119-42-44-123-50-52-127-58-60-131-66-68-135-74-76-139-80-78-137-72-70-133-64-62-129-56-54-125-48-46-121-40-38-117-2)99-83-90(18-23-97(99)98-24-19-91(84-100(98)106)89-17-22-96-93(81-89)82-92-9-3-4-10-95(92)96)87-15-20-94(21-16-87)140-36-6-5-31-107-101(111)25-26-102(112)108-32-33-109-105(115)88-13-11-86(12-14-88)85-110-103(113)27-28-104(110)114/h3-4,9-10,15-24,27-28,81,83-84,86,88H,5-8,11-14,25-26,29-80,82,85H2,1-2H3,(H,107,111)(H,108,112)(H,109,115). The van der Waals surface area contributed by atoms with E-state index in [-0.39, 0.29) is 67.3 Å². The largest absolute Gasteiger partial charge is 0.494 e. The Bertz CT molecular complexity index is 4070. The summed E-state index contributed by atoms with van der Waals surface area (Å²) in [5, 5.41) is 8.63. The monoisotopic (exact) mass is 1970 g/mol. The molecule has 0 unspecified atom stereocenters. The predicted molar refractivity (Wildman–Crippen MR) is 526 cm³/mol. The Hall–Kier alpha value is -7.77. The number of hydrogen-bond donors (Lipinski definition) is 3. The molecule has 1 saturated carbocycles. The van der Waals surface area contributed by atoms with Crippen molar-refractivity contribution in [2.24, 2.45) is 11.8 Å². The number of unbranched alkanes of at least 4 members (excludes halogenated alkanes) is 1. The molecule has 34 nitrogen and oxygen atoms in total. The molecule has 0 bridgehead atoms. The first-order chi connectivity index (χ1) is 69.1. The molecule has 3 aliphatic carbocycles. The van der Waals surface area contributed by atoms with Gasteiger partial charge in [0.25, 0.3) is 11.8 Å². The maximum Gasteiger partial charge on any atom is 0.253 e. The summed E-state index contributed by atoms with van der Waals surface area (Å²) in [5.74, 6) is -0.342. The van der Waals surface area contributed by atoms with Crippen LogP contribution in [0.2, 0.25) is 0 Å². The van der Waals surface area contributed by atoms with Crippen LogP contribution in [0.25, 0.3) is 44.5 Å². The maximum atomic E-state index is 12.9. The number of rotatable bonds is 91. The molecule has 5 aromatic carbocycles. The number of fused-ring (bicyclic) bond motifs is 6. The zero-order valence-corrected chi connectivity index (χ0v) is 83.1. The highest BCUT2D eigenvalue weighted by atomic mass is 16.6. The van der Waals surface area contributed by atoms with Gasteiger partial charge in [0.15, 0.2) is 0 Å². The van der Waals surface area contributed by atoms with Crippen molar-refractivity contribution in [1.82, 2.24) is 20.9 Å². The van der Waals surface area contributed by atoms with Crippen LogP contribution in [0.15, 0.2) is 115 Å². The topological polar surface area (TPSA) is 355 Å². The van der Waals surface area contributed by atoms with Gasteiger partial charge in [0.1, 0.15) is 5.75 Å². The second-order valence-electron chi connectivity index (χ2n) is 33.9. The molecule has 9 rings (SSSR count). The number of imide groups is 1. The highest BCUT2D eigenvalue weighted by Crippen LogP contribution is 2.56. The van der Waals surface area contributed by atoms with Crippen LogP contribution >= 0.6 is 0 Å². The summed E-state index contributed by atoms with van der Waals surface area (Å²) in [5.41, 5.74) is 14.4. The van der Waals surface area contributed by atoms with Gasteiger partial charge in [-0.25, -0.2) is 0 Å². The Morgan fingerprint density at radius 2 is 0.621 bits per heavy atom. The van der Waals surface area contributed by atoms with Crippen LogP contribution in [0.3, 0.4) is 0 Å². The Kier molecular flexibility index (Phi) is 62.1. The minimum atomic E-state index is -0.408. The van der Waals surface area contributed by atoms with Gasteiger partial charge in [0.05, 0.1) is 297 Å². The first-order valence-electron chi connectivity index (χ1n) is 50.4. The van der Waals surface area contributed by atoms with Crippen molar-refractivity contribution >= 4 is 29.5 Å². The molecular weight excluding hydrogens is 1810 g/mol. The van der Waals surface area contributed by atoms with Gasteiger partial charge in [-0.2, -0.15) is 0 Å². The SMILES string of the molecule is COCCOCCOCCOCCOCCOCCOCCOCCOCCOCCOCCOCCCC1(CCCOCCOCCOCCOCCOCCOCCOCCOCCOCCOCCOCCOC)c2cc(-c3ccc(OCCCCNC(=O)CCC(=O)NCCNC(=O)C4CCC(CN5C(=O)C=CC5=O)CC4)cc3)ccc2-c2ccc(-c3ccc4c(c3)Cc3ccccc3-4)cc21. The average molecular weight is 1970 g/mol. The van der Waals surface area contributed by atoms with Gasteiger partial charge in [0.2, 0.25) is 17.7 Å². The van der Waals surface area contributed by atoms with Gasteiger partial charge in [-0.1, -0.05) is 78.9 Å². The Morgan fingerprint density at radius 3 is 1.00 bits per heavy atom. The van der Waals surface area contributed by atoms with Gasteiger partial charge in [-0.3, -0.25) is 28.9 Å². The lowest BCUT2D eigenvalue weighted by molar-refractivity contribution is -0.138. The first kappa shape index (κ1) is 116. The van der Waals surface area contributed by atoms with Gasteiger partial charge >= 0.3 is 0 Å². The van der Waals surface area contributed by atoms with Crippen molar-refractivity contribution < 1.29 is 142 Å². The highest BCUT2D eigenvalue weighted by molar-refractivity contribution is 6.12. The van der Waals surface area contributed by atoms with Crippen LogP contribution in [-0.4, -0.2) is 385 Å². The molecule has 0 atom stereocenters. The quantitative estimate of drug-likeness (QED) is 0.0236. The minimum Gasteiger partial charge on any atom is -0.494 e. The molecule has 1 heterocycles. The van der Waals surface area contributed by atoms with E-state index in [9.17, 15) is 24.0 Å². The number of benzene rings is 5. The molecule has 3 N–H and O–H groups in total. The van der Waals surface area contributed by atoms with Gasteiger partial charge in [0, 0.05) is 89.9 Å². The highest BCUT2D eigenvalue weighted by Gasteiger charge is 2.43. The van der Waals surface area contributed by atoms with Crippen LogP contribution < -0.4 is 20.7 Å². The van der Waals surface area contributed by atoms with Gasteiger partial charge in [-0.05, 0) is 168 Å². The van der Waals surface area contributed by atoms with E-state index in [1.807, 2.05) is 12.1 Å². The van der Waals surface area contributed by atoms with Crippen LogP contribution in [0.1, 0.15) is 99.3 Å². The summed E-state index contributed by atoms with van der Waals surface area (Å²) < 4.78 is 141. The molecular formula is C106H158N4O30. The molecule has 1 aliphatic heterocycles. The third kappa shape index (κ3) is 47.4. The van der Waals surface area contributed by atoms with Crippen molar-refractivity contribution in [3.05, 3.63) is 138 Å². The van der Waals surface area contributed by atoms with E-state index in [0.29, 0.717) is 349 Å². The summed E-state index contributed by atoms with van der Waals surface area (Å²) in [4.78, 5) is 63.5. The molecule has 4 aliphatic rings. The first-order valence-corrected chi connectivity index (χ1v) is 50.4.